The van der Waals surface area contributed by atoms with E-state index in [4.69, 9.17) is 19.0 Å². The van der Waals surface area contributed by atoms with Gasteiger partial charge in [0, 0.05) is 24.4 Å². The maximum absolute atomic E-state index is 12.2. The molecule has 3 rings (SSSR count). The van der Waals surface area contributed by atoms with Gasteiger partial charge >= 0.3 is 6.09 Å². The Bertz CT molecular complexity index is 1010. The van der Waals surface area contributed by atoms with Crippen molar-refractivity contribution < 1.29 is 28.9 Å². The van der Waals surface area contributed by atoms with E-state index >= 15 is 0 Å². The molecule has 1 heterocycles. The van der Waals surface area contributed by atoms with Crippen LogP contribution in [0.2, 0.25) is 0 Å². The Hall–Kier alpha value is -3.10. The Balaban J connectivity index is 1.75. The monoisotopic (exact) mass is 414 g/mol. The number of hydrogen-bond acceptors (Lipinski definition) is 7. The van der Waals surface area contributed by atoms with E-state index in [-0.39, 0.29) is 13.2 Å². The molecule has 3 aromatic rings. The molecular weight excluding hydrogens is 388 g/mol. The van der Waals surface area contributed by atoms with Crippen molar-refractivity contribution in [2.75, 3.05) is 25.2 Å². The molecule has 0 aliphatic carbocycles. The first-order chi connectivity index (χ1) is 14.2. The first-order valence-electron chi connectivity index (χ1n) is 9.56. The molecule has 0 spiro atoms. The summed E-state index contributed by atoms with van der Waals surface area (Å²) in [6.45, 7) is 5.08. The minimum absolute atomic E-state index is 0.0145. The van der Waals surface area contributed by atoms with Crippen LogP contribution in [0.5, 0.6) is 5.75 Å². The summed E-state index contributed by atoms with van der Waals surface area (Å²) in [5.41, 5.74) is 2.07. The summed E-state index contributed by atoms with van der Waals surface area (Å²) in [7, 11) is 1.65. The number of fused-ring (bicyclic) bond motifs is 1. The predicted octanol–water partition coefficient (Wildman–Crippen LogP) is 3.60. The second-order valence-electron chi connectivity index (χ2n) is 7.88. The molecule has 0 saturated heterocycles. The number of aromatic nitrogens is 1. The Morgan fingerprint density at radius 1 is 1.20 bits per heavy atom. The molecule has 2 aromatic carbocycles. The van der Waals surface area contributed by atoms with Crippen molar-refractivity contribution in [2.24, 2.45) is 0 Å². The van der Waals surface area contributed by atoms with Crippen molar-refractivity contribution in [3.05, 3.63) is 42.5 Å². The molecule has 1 amide bonds. The predicted molar refractivity (Wildman–Crippen MR) is 113 cm³/mol. The molecule has 0 saturated carbocycles. The quantitative estimate of drug-likeness (QED) is 0.635. The highest BCUT2D eigenvalue weighted by molar-refractivity contribution is 5.87. The lowest BCUT2D eigenvalue weighted by molar-refractivity contribution is 0.0536. The van der Waals surface area contributed by atoms with Crippen molar-refractivity contribution in [1.82, 2.24) is 4.98 Å². The number of rotatable bonds is 6. The molecule has 0 radical (unpaired) electrons. The van der Waals surface area contributed by atoms with E-state index in [1.807, 2.05) is 32.9 Å². The van der Waals surface area contributed by atoms with E-state index in [0.717, 1.165) is 5.56 Å². The van der Waals surface area contributed by atoms with Crippen LogP contribution in [0.1, 0.15) is 20.8 Å². The van der Waals surface area contributed by atoms with Crippen LogP contribution < -0.4 is 9.64 Å². The summed E-state index contributed by atoms with van der Waals surface area (Å²) in [6, 6.07) is 12.4. The minimum Gasteiger partial charge on any atom is -0.491 e. The van der Waals surface area contributed by atoms with Gasteiger partial charge in [0.25, 0.3) is 0 Å². The van der Waals surface area contributed by atoms with E-state index in [2.05, 4.69) is 4.98 Å². The van der Waals surface area contributed by atoms with Crippen LogP contribution in [-0.2, 0) is 4.74 Å². The molecule has 8 nitrogen and oxygen atoms in total. The molecule has 2 N–H and O–H groups in total. The van der Waals surface area contributed by atoms with Crippen LogP contribution in [0.3, 0.4) is 0 Å². The van der Waals surface area contributed by atoms with Crippen LogP contribution in [0.15, 0.2) is 46.9 Å². The lowest BCUT2D eigenvalue weighted by Crippen LogP contribution is -2.34. The Morgan fingerprint density at radius 3 is 2.53 bits per heavy atom. The van der Waals surface area contributed by atoms with Gasteiger partial charge in [-0.15, -0.1) is 0 Å². The van der Waals surface area contributed by atoms with E-state index in [9.17, 15) is 9.90 Å². The maximum atomic E-state index is 12.2. The highest BCUT2D eigenvalue weighted by atomic mass is 16.6. The summed E-state index contributed by atoms with van der Waals surface area (Å²) in [4.78, 5) is 18.1. The van der Waals surface area contributed by atoms with Crippen molar-refractivity contribution >= 4 is 22.9 Å². The van der Waals surface area contributed by atoms with Crippen molar-refractivity contribution in [3.8, 4) is 17.2 Å². The van der Waals surface area contributed by atoms with E-state index in [1.54, 1.807) is 37.4 Å². The summed E-state index contributed by atoms with van der Waals surface area (Å²) in [5, 5.41) is 18.3. The summed E-state index contributed by atoms with van der Waals surface area (Å²) in [6.07, 6.45) is -1.37. The number of oxazole rings is 1. The van der Waals surface area contributed by atoms with Gasteiger partial charge in [0.15, 0.2) is 5.58 Å². The van der Waals surface area contributed by atoms with Crippen molar-refractivity contribution in [2.45, 2.75) is 32.5 Å². The Kier molecular flexibility index (Phi) is 6.28. The molecule has 8 heteroatoms. The largest absolute Gasteiger partial charge is 0.491 e. The van der Waals surface area contributed by atoms with E-state index in [0.29, 0.717) is 28.4 Å². The topological polar surface area (TPSA) is 105 Å². The second-order valence-corrected chi connectivity index (χ2v) is 7.88. The molecule has 1 aromatic heterocycles. The number of aliphatic hydroxyl groups is 2. The molecule has 1 atom stereocenters. The summed E-state index contributed by atoms with van der Waals surface area (Å²) >= 11 is 0. The first-order valence-corrected chi connectivity index (χ1v) is 9.56. The van der Waals surface area contributed by atoms with Gasteiger partial charge in [-0.25, -0.2) is 9.78 Å². The number of carbonyl (C=O) groups is 1. The molecule has 160 valence electrons. The number of aliphatic hydroxyl groups excluding tert-OH is 2. The smallest absolute Gasteiger partial charge is 0.414 e. The zero-order valence-electron chi connectivity index (χ0n) is 17.5. The van der Waals surface area contributed by atoms with Crippen LogP contribution in [0.4, 0.5) is 10.5 Å². The number of benzene rings is 2. The molecule has 0 bridgehead atoms. The van der Waals surface area contributed by atoms with Gasteiger partial charge < -0.3 is 24.1 Å². The fourth-order valence-electron chi connectivity index (χ4n) is 2.63. The SMILES string of the molecule is CN(C(=O)OC(C)(C)C)c1ccc(-c2nc3cc(OC[C@@H](O)CO)ccc3o2)cc1. The number of ether oxygens (including phenoxy) is 2. The number of anilines is 1. The van der Waals surface area contributed by atoms with E-state index in [1.165, 1.54) is 4.90 Å². The first kappa shape index (κ1) is 21.6. The van der Waals surface area contributed by atoms with Gasteiger partial charge in [-0.1, -0.05) is 0 Å². The van der Waals surface area contributed by atoms with E-state index < -0.39 is 17.8 Å². The molecule has 30 heavy (non-hydrogen) atoms. The summed E-state index contributed by atoms with van der Waals surface area (Å²) < 4.78 is 16.6. The van der Waals surface area contributed by atoms with Gasteiger partial charge in [0.05, 0.1) is 6.61 Å². The average Bonchev–Trinajstić information content (AvgIpc) is 3.13. The maximum Gasteiger partial charge on any atom is 0.414 e. The molecule has 0 unspecified atom stereocenters. The normalized spacial score (nSPS) is 12.6. The zero-order valence-corrected chi connectivity index (χ0v) is 17.5. The fraction of sp³-hybridized carbons (Fsp3) is 0.364. The molecule has 0 aliphatic heterocycles. The number of nitrogens with zero attached hydrogens (tertiary/aromatic N) is 2. The fourth-order valence-corrected chi connectivity index (χ4v) is 2.63. The third kappa shape index (κ3) is 5.28. The lowest BCUT2D eigenvalue weighted by atomic mass is 10.2. The summed E-state index contributed by atoms with van der Waals surface area (Å²) in [5.74, 6) is 0.952. The van der Waals surface area contributed by atoms with Crippen LogP contribution >= 0.6 is 0 Å². The highest BCUT2D eigenvalue weighted by Gasteiger charge is 2.20. The third-order valence-corrected chi connectivity index (χ3v) is 4.18. The lowest BCUT2D eigenvalue weighted by Gasteiger charge is -2.24. The van der Waals surface area contributed by atoms with Gasteiger partial charge in [-0.05, 0) is 57.2 Å². The van der Waals surface area contributed by atoms with Gasteiger partial charge in [0.1, 0.15) is 29.6 Å². The number of carbonyl (C=O) groups excluding carboxylic acids is 1. The Morgan fingerprint density at radius 2 is 1.90 bits per heavy atom. The molecular formula is C22H26N2O6. The second kappa shape index (κ2) is 8.73. The standard InChI is InChI=1S/C22H26N2O6/c1-22(2,3)30-21(27)24(4)15-7-5-14(6-8-15)20-23-18-11-17(9-10-19(18)29-20)28-13-16(26)12-25/h5-11,16,25-26H,12-13H2,1-4H3/t16-/m0/s1. The Labute approximate surface area is 174 Å². The number of amides is 1. The zero-order chi connectivity index (χ0) is 21.9. The minimum atomic E-state index is -0.939. The number of hydrogen-bond donors (Lipinski definition) is 2. The highest BCUT2D eigenvalue weighted by Crippen LogP contribution is 2.28. The average molecular weight is 414 g/mol. The van der Waals surface area contributed by atoms with Crippen LogP contribution in [0, 0.1) is 0 Å². The van der Waals surface area contributed by atoms with Crippen LogP contribution in [0.25, 0.3) is 22.6 Å². The van der Waals surface area contributed by atoms with Crippen molar-refractivity contribution in [1.29, 1.82) is 0 Å². The third-order valence-electron chi connectivity index (χ3n) is 4.18. The van der Waals surface area contributed by atoms with Crippen LogP contribution in [-0.4, -0.2) is 53.3 Å². The van der Waals surface area contributed by atoms with Gasteiger partial charge in [-0.3, -0.25) is 4.90 Å². The van der Waals surface area contributed by atoms with Gasteiger partial charge in [-0.2, -0.15) is 0 Å². The molecule has 0 fully saturated rings. The molecule has 0 aliphatic rings. The van der Waals surface area contributed by atoms with Crippen molar-refractivity contribution in [3.63, 3.8) is 0 Å². The van der Waals surface area contributed by atoms with Gasteiger partial charge in [0.2, 0.25) is 5.89 Å².